The molecule has 4 heteroatoms. The van der Waals surface area contributed by atoms with E-state index >= 15 is 0 Å². The fourth-order valence-electron chi connectivity index (χ4n) is 4.67. The van der Waals surface area contributed by atoms with Crippen LogP contribution in [0, 0.1) is 6.92 Å². The Morgan fingerprint density at radius 3 is 2.67 bits per heavy atom. The van der Waals surface area contributed by atoms with E-state index in [0.717, 1.165) is 37.5 Å². The van der Waals surface area contributed by atoms with Crippen LogP contribution in [0.5, 0.6) is 0 Å². The molecule has 0 radical (unpaired) electrons. The summed E-state index contributed by atoms with van der Waals surface area (Å²) in [5, 5.41) is 14.8. The van der Waals surface area contributed by atoms with E-state index in [9.17, 15) is 5.11 Å². The number of hydrogen-bond acceptors (Lipinski definition) is 4. The highest BCUT2D eigenvalue weighted by Gasteiger charge is 2.52. The highest BCUT2D eigenvalue weighted by Crippen LogP contribution is 2.51. The number of piperidine rings is 1. The molecule has 1 aliphatic carbocycles. The summed E-state index contributed by atoms with van der Waals surface area (Å²) < 4.78 is 5.74. The van der Waals surface area contributed by atoms with Crippen molar-refractivity contribution in [1.82, 2.24) is 10.2 Å². The first-order valence-corrected chi connectivity index (χ1v) is 8.85. The van der Waals surface area contributed by atoms with Gasteiger partial charge in [-0.1, -0.05) is 24.3 Å². The highest BCUT2D eigenvalue weighted by molar-refractivity contribution is 5.45. The quantitative estimate of drug-likeness (QED) is 0.910. The van der Waals surface area contributed by atoms with Crippen molar-refractivity contribution in [3.63, 3.8) is 0 Å². The average Bonchev–Trinajstić information content (AvgIpc) is 3.09. The monoisotopic (exact) mass is 326 g/mol. The molecule has 128 valence electrons. The Morgan fingerprint density at radius 1 is 1.21 bits per heavy atom. The van der Waals surface area contributed by atoms with Gasteiger partial charge in [-0.05, 0) is 63.2 Å². The average molecular weight is 326 g/mol. The van der Waals surface area contributed by atoms with E-state index in [1.54, 1.807) is 0 Å². The second-order valence-electron chi connectivity index (χ2n) is 7.31. The summed E-state index contributed by atoms with van der Waals surface area (Å²) in [6.45, 7) is 4.61. The van der Waals surface area contributed by atoms with Gasteiger partial charge in [-0.3, -0.25) is 4.90 Å². The van der Waals surface area contributed by atoms with E-state index in [-0.39, 0.29) is 17.6 Å². The lowest BCUT2D eigenvalue weighted by molar-refractivity contribution is 0.00249. The molecule has 0 unspecified atom stereocenters. The molecule has 2 aromatic rings. The normalized spacial score (nSPS) is 25.3. The van der Waals surface area contributed by atoms with Crippen molar-refractivity contribution in [2.75, 3.05) is 20.1 Å². The number of furan rings is 1. The number of benzene rings is 1. The van der Waals surface area contributed by atoms with E-state index < -0.39 is 0 Å². The molecule has 4 nitrogen and oxygen atoms in total. The summed E-state index contributed by atoms with van der Waals surface area (Å²) >= 11 is 0. The molecule has 1 aliphatic heterocycles. The maximum absolute atomic E-state index is 11.3. The van der Waals surface area contributed by atoms with Crippen LogP contribution in [-0.4, -0.2) is 36.2 Å². The molecule has 1 fully saturated rings. The van der Waals surface area contributed by atoms with Crippen molar-refractivity contribution in [2.45, 2.75) is 43.9 Å². The van der Waals surface area contributed by atoms with Gasteiger partial charge >= 0.3 is 0 Å². The third kappa shape index (κ3) is 2.41. The molecule has 0 saturated carbocycles. The second-order valence-corrected chi connectivity index (χ2v) is 7.31. The van der Waals surface area contributed by atoms with Gasteiger partial charge in [0, 0.05) is 5.41 Å². The molecule has 2 N–H and O–H groups in total. The Morgan fingerprint density at radius 2 is 1.96 bits per heavy atom. The van der Waals surface area contributed by atoms with Crippen LogP contribution in [0.1, 0.15) is 41.5 Å². The predicted octanol–water partition coefficient (Wildman–Crippen LogP) is 2.76. The second kappa shape index (κ2) is 6.03. The van der Waals surface area contributed by atoms with Gasteiger partial charge in [0.25, 0.3) is 0 Å². The summed E-state index contributed by atoms with van der Waals surface area (Å²) in [7, 11) is 2.09. The van der Waals surface area contributed by atoms with Gasteiger partial charge in [-0.25, -0.2) is 0 Å². The smallest absolute Gasteiger partial charge is 0.118 e. The first kappa shape index (κ1) is 15.9. The van der Waals surface area contributed by atoms with Gasteiger partial charge in [-0.15, -0.1) is 0 Å². The van der Waals surface area contributed by atoms with Crippen LogP contribution in [0.4, 0.5) is 0 Å². The van der Waals surface area contributed by atoms with Gasteiger partial charge in [-0.2, -0.15) is 0 Å². The van der Waals surface area contributed by atoms with E-state index in [1.807, 2.05) is 19.1 Å². The number of aliphatic hydroxyl groups excluding tert-OH is 1. The molecular weight excluding hydrogens is 300 g/mol. The molecule has 2 atom stereocenters. The number of likely N-dealkylation sites (N-methyl/N-ethyl adjacent to an activating group) is 1. The van der Waals surface area contributed by atoms with Gasteiger partial charge in [0.05, 0.1) is 18.7 Å². The van der Waals surface area contributed by atoms with Crippen molar-refractivity contribution < 1.29 is 9.52 Å². The molecule has 0 amide bonds. The third-order valence-electron chi connectivity index (χ3n) is 5.85. The summed E-state index contributed by atoms with van der Waals surface area (Å²) in [6, 6.07) is 12.6. The standard InChI is InChI=1S/C20H26N2O2/c1-14-7-8-15(24-14)13-22(2)18-16-5-3-4-6-17(16)20(19(18)23)9-11-21-12-10-20/h3-8,18-19,21,23H,9-13H2,1-2H3/t18-,19+/m1/s1. The Bertz CT molecular complexity index is 718. The molecule has 0 bridgehead atoms. The minimum Gasteiger partial charge on any atom is -0.465 e. The molecule has 1 saturated heterocycles. The van der Waals surface area contributed by atoms with E-state index in [4.69, 9.17) is 4.42 Å². The molecule has 4 rings (SSSR count). The fourth-order valence-corrected chi connectivity index (χ4v) is 4.67. The van der Waals surface area contributed by atoms with Crippen LogP contribution in [0.15, 0.2) is 40.8 Å². The zero-order chi connectivity index (χ0) is 16.7. The highest BCUT2D eigenvalue weighted by atomic mass is 16.3. The lowest BCUT2D eigenvalue weighted by atomic mass is 9.72. The van der Waals surface area contributed by atoms with Crippen molar-refractivity contribution in [2.24, 2.45) is 0 Å². The maximum atomic E-state index is 11.3. The van der Waals surface area contributed by atoms with Crippen LogP contribution in [0.25, 0.3) is 0 Å². The van der Waals surface area contributed by atoms with Gasteiger partial charge in [0.15, 0.2) is 0 Å². The zero-order valence-corrected chi connectivity index (χ0v) is 14.5. The minimum absolute atomic E-state index is 0.0182. The van der Waals surface area contributed by atoms with Crippen LogP contribution >= 0.6 is 0 Å². The molecule has 1 aromatic heterocycles. The molecule has 2 aliphatic rings. The number of fused-ring (bicyclic) bond motifs is 2. The summed E-state index contributed by atoms with van der Waals surface area (Å²) in [5.74, 6) is 1.88. The first-order valence-electron chi connectivity index (χ1n) is 8.85. The van der Waals surface area contributed by atoms with E-state index in [1.165, 1.54) is 11.1 Å². The van der Waals surface area contributed by atoms with Crippen molar-refractivity contribution in [3.05, 3.63) is 59.0 Å². The SMILES string of the molecule is Cc1ccc(CN(C)[C@@H]2c3ccccc3C3(CCNCC3)[C@H]2O)o1. The van der Waals surface area contributed by atoms with Crippen LogP contribution in [0.2, 0.25) is 0 Å². The topological polar surface area (TPSA) is 48.6 Å². The van der Waals surface area contributed by atoms with Crippen LogP contribution in [0.3, 0.4) is 0 Å². The molecule has 2 heterocycles. The van der Waals surface area contributed by atoms with Crippen LogP contribution in [-0.2, 0) is 12.0 Å². The number of nitrogens with zero attached hydrogens (tertiary/aromatic N) is 1. The fraction of sp³-hybridized carbons (Fsp3) is 0.500. The Labute approximate surface area is 143 Å². The minimum atomic E-state index is -0.377. The summed E-state index contributed by atoms with van der Waals surface area (Å²) in [5.41, 5.74) is 2.50. The lowest BCUT2D eigenvalue weighted by Gasteiger charge is -2.40. The van der Waals surface area contributed by atoms with E-state index in [0.29, 0.717) is 6.54 Å². The Kier molecular flexibility index (Phi) is 3.99. The lowest BCUT2D eigenvalue weighted by Crippen LogP contribution is -2.48. The Hall–Kier alpha value is -1.62. The van der Waals surface area contributed by atoms with Gasteiger partial charge in [0.1, 0.15) is 11.5 Å². The molecule has 1 spiro atoms. The largest absolute Gasteiger partial charge is 0.465 e. The maximum Gasteiger partial charge on any atom is 0.118 e. The van der Waals surface area contributed by atoms with Gasteiger partial charge < -0.3 is 14.8 Å². The first-order chi connectivity index (χ1) is 11.6. The summed E-state index contributed by atoms with van der Waals surface area (Å²) in [6.07, 6.45) is 1.61. The van der Waals surface area contributed by atoms with Crippen LogP contribution < -0.4 is 5.32 Å². The van der Waals surface area contributed by atoms with Gasteiger partial charge in [0.2, 0.25) is 0 Å². The molecular formula is C20H26N2O2. The summed E-state index contributed by atoms with van der Waals surface area (Å²) in [4.78, 5) is 2.23. The van der Waals surface area contributed by atoms with Crippen molar-refractivity contribution >= 4 is 0 Å². The number of nitrogens with one attached hydrogen (secondary N) is 1. The van der Waals surface area contributed by atoms with Crippen molar-refractivity contribution in [1.29, 1.82) is 0 Å². The molecule has 1 aromatic carbocycles. The number of rotatable bonds is 3. The van der Waals surface area contributed by atoms with E-state index in [2.05, 4.69) is 41.5 Å². The molecule has 24 heavy (non-hydrogen) atoms. The van der Waals surface area contributed by atoms with Crippen molar-refractivity contribution in [3.8, 4) is 0 Å². The number of hydrogen-bond donors (Lipinski definition) is 2. The Balaban J connectivity index is 1.68. The zero-order valence-electron chi connectivity index (χ0n) is 14.5. The predicted molar refractivity (Wildman–Crippen MR) is 93.9 cm³/mol. The third-order valence-corrected chi connectivity index (χ3v) is 5.85. The number of aliphatic hydroxyl groups is 1. The number of aryl methyl sites for hydroxylation is 1.